The van der Waals surface area contributed by atoms with Crippen molar-refractivity contribution in [3.05, 3.63) is 53.1 Å². The van der Waals surface area contributed by atoms with Crippen molar-refractivity contribution >= 4 is 29.9 Å². The summed E-state index contributed by atoms with van der Waals surface area (Å²) in [5.74, 6) is 2.58. The lowest BCUT2D eigenvalue weighted by atomic mass is 9.84. The molecular formula is C23H34IN3O3. The molecule has 30 heavy (non-hydrogen) atoms. The van der Waals surface area contributed by atoms with Crippen molar-refractivity contribution < 1.29 is 14.2 Å². The number of nitrogens with zero attached hydrogens (tertiary/aromatic N) is 1. The van der Waals surface area contributed by atoms with Gasteiger partial charge in [-0.25, -0.2) is 0 Å². The van der Waals surface area contributed by atoms with E-state index in [9.17, 15) is 0 Å². The van der Waals surface area contributed by atoms with E-state index in [-0.39, 0.29) is 29.4 Å². The molecule has 0 heterocycles. The van der Waals surface area contributed by atoms with Gasteiger partial charge in [0.05, 0.1) is 21.3 Å². The zero-order valence-electron chi connectivity index (χ0n) is 19.0. The molecule has 7 heteroatoms. The lowest BCUT2D eigenvalue weighted by Crippen LogP contribution is -2.43. The van der Waals surface area contributed by atoms with Crippen LogP contribution in [0.25, 0.3) is 0 Å². The summed E-state index contributed by atoms with van der Waals surface area (Å²) in [6.45, 7) is 7.87. The third-order valence-corrected chi connectivity index (χ3v) is 4.94. The fourth-order valence-electron chi connectivity index (χ4n) is 3.06. The van der Waals surface area contributed by atoms with Gasteiger partial charge in [0.2, 0.25) is 5.75 Å². The Labute approximate surface area is 197 Å². The van der Waals surface area contributed by atoms with Gasteiger partial charge >= 0.3 is 0 Å². The maximum absolute atomic E-state index is 5.42. The minimum absolute atomic E-state index is 0. The van der Waals surface area contributed by atoms with Gasteiger partial charge in [-0.05, 0) is 30.2 Å². The first kappa shape index (κ1) is 25.9. The number of aliphatic imine (C=N–C) groups is 1. The SMILES string of the molecule is CN=C(NCc1cc(OC)c(OC)c(OC)c1)NCC(C)(C)c1ccc(C)cc1.I. The highest BCUT2D eigenvalue weighted by molar-refractivity contribution is 14.0. The predicted octanol–water partition coefficient (Wildman–Crippen LogP) is 4.28. The summed E-state index contributed by atoms with van der Waals surface area (Å²) in [6, 6.07) is 12.5. The Morgan fingerprint density at radius 2 is 1.50 bits per heavy atom. The summed E-state index contributed by atoms with van der Waals surface area (Å²) in [7, 11) is 6.59. The average molecular weight is 527 g/mol. The van der Waals surface area contributed by atoms with E-state index in [1.807, 2.05) is 12.1 Å². The van der Waals surface area contributed by atoms with E-state index in [0.717, 1.165) is 18.1 Å². The molecule has 0 unspecified atom stereocenters. The number of methoxy groups -OCH3 is 3. The number of guanidine groups is 1. The van der Waals surface area contributed by atoms with Crippen LogP contribution >= 0.6 is 24.0 Å². The molecule has 0 saturated heterocycles. The van der Waals surface area contributed by atoms with Crippen molar-refractivity contribution in [3.8, 4) is 17.2 Å². The smallest absolute Gasteiger partial charge is 0.203 e. The Morgan fingerprint density at radius 3 is 1.97 bits per heavy atom. The molecule has 2 rings (SSSR count). The van der Waals surface area contributed by atoms with Crippen LogP contribution in [0.5, 0.6) is 17.2 Å². The molecule has 0 spiro atoms. The average Bonchev–Trinajstić information content (AvgIpc) is 2.73. The number of nitrogens with one attached hydrogen (secondary N) is 2. The standard InChI is InChI=1S/C23H33N3O3.HI/c1-16-8-10-18(11-9-16)23(2,3)15-26-22(24-4)25-14-17-12-19(27-5)21(29-7)20(13-17)28-6;/h8-13H,14-15H2,1-7H3,(H2,24,25,26);1H. The van der Waals surface area contributed by atoms with Crippen molar-refractivity contribution in [1.82, 2.24) is 10.6 Å². The minimum Gasteiger partial charge on any atom is -0.493 e. The Hall–Kier alpha value is -2.16. The first-order chi connectivity index (χ1) is 13.8. The molecule has 0 aliphatic carbocycles. The van der Waals surface area contributed by atoms with Crippen molar-refractivity contribution in [1.29, 1.82) is 0 Å². The summed E-state index contributed by atoms with van der Waals surface area (Å²) in [6.07, 6.45) is 0. The second-order valence-electron chi connectivity index (χ2n) is 7.56. The molecule has 0 aliphatic rings. The highest BCUT2D eigenvalue weighted by atomic mass is 127. The van der Waals surface area contributed by atoms with Gasteiger partial charge in [0.1, 0.15) is 0 Å². The fourth-order valence-corrected chi connectivity index (χ4v) is 3.06. The molecule has 0 amide bonds. The molecule has 0 fully saturated rings. The van der Waals surface area contributed by atoms with Crippen LogP contribution in [0, 0.1) is 6.92 Å². The van der Waals surface area contributed by atoms with E-state index in [1.54, 1.807) is 28.4 Å². The number of ether oxygens (including phenoxy) is 3. The molecule has 0 aromatic heterocycles. The van der Waals surface area contributed by atoms with Gasteiger partial charge < -0.3 is 24.8 Å². The molecule has 2 N–H and O–H groups in total. The molecule has 0 atom stereocenters. The minimum atomic E-state index is -0.0299. The van der Waals surface area contributed by atoms with E-state index in [0.29, 0.717) is 23.8 Å². The van der Waals surface area contributed by atoms with Crippen LogP contribution in [-0.4, -0.2) is 40.9 Å². The van der Waals surface area contributed by atoms with E-state index < -0.39 is 0 Å². The summed E-state index contributed by atoms with van der Waals surface area (Å²) >= 11 is 0. The number of aryl methyl sites for hydroxylation is 1. The van der Waals surface area contributed by atoms with Crippen molar-refractivity contribution in [2.75, 3.05) is 34.9 Å². The third kappa shape index (κ3) is 6.68. The predicted molar refractivity (Wildman–Crippen MR) is 134 cm³/mol. The van der Waals surface area contributed by atoms with Crippen LogP contribution in [0.15, 0.2) is 41.4 Å². The number of rotatable bonds is 8. The monoisotopic (exact) mass is 527 g/mol. The molecule has 6 nitrogen and oxygen atoms in total. The van der Waals surface area contributed by atoms with Crippen LogP contribution in [0.1, 0.15) is 30.5 Å². The Balaban J connectivity index is 0.00000450. The molecule has 2 aromatic carbocycles. The van der Waals surface area contributed by atoms with Crippen LogP contribution in [0.4, 0.5) is 0 Å². The molecule has 0 radical (unpaired) electrons. The number of benzene rings is 2. The van der Waals surface area contributed by atoms with Crippen LogP contribution in [-0.2, 0) is 12.0 Å². The third-order valence-electron chi connectivity index (χ3n) is 4.94. The van der Waals surface area contributed by atoms with Gasteiger partial charge in [-0.15, -0.1) is 24.0 Å². The molecule has 166 valence electrons. The summed E-state index contributed by atoms with van der Waals surface area (Å²) in [5, 5.41) is 6.77. The van der Waals surface area contributed by atoms with Crippen LogP contribution in [0.3, 0.4) is 0 Å². The van der Waals surface area contributed by atoms with E-state index in [1.165, 1.54) is 11.1 Å². The van der Waals surface area contributed by atoms with Gasteiger partial charge in [0.25, 0.3) is 0 Å². The molecule has 0 aliphatic heterocycles. The Bertz CT molecular complexity index is 811. The van der Waals surface area contributed by atoms with Crippen molar-refractivity contribution in [2.45, 2.75) is 32.7 Å². The lowest BCUT2D eigenvalue weighted by molar-refractivity contribution is 0.323. The first-order valence-corrected chi connectivity index (χ1v) is 9.65. The van der Waals surface area contributed by atoms with Crippen LogP contribution in [0.2, 0.25) is 0 Å². The summed E-state index contributed by atoms with van der Waals surface area (Å²) in [5.41, 5.74) is 3.52. The Kier molecular flexibility index (Phi) is 10.2. The van der Waals surface area contributed by atoms with E-state index in [4.69, 9.17) is 14.2 Å². The molecule has 2 aromatic rings. The van der Waals surface area contributed by atoms with Crippen molar-refractivity contribution in [2.24, 2.45) is 4.99 Å². The number of hydrogen-bond donors (Lipinski definition) is 2. The van der Waals surface area contributed by atoms with Gasteiger partial charge in [-0.2, -0.15) is 0 Å². The lowest BCUT2D eigenvalue weighted by Gasteiger charge is -2.27. The second kappa shape index (κ2) is 11.9. The van der Waals surface area contributed by atoms with Gasteiger partial charge in [0, 0.05) is 25.6 Å². The van der Waals surface area contributed by atoms with Crippen LogP contribution < -0.4 is 24.8 Å². The number of halogens is 1. The largest absolute Gasteiger partial charge is 0.493 e. The van der Waals surface area contributed by atoms with Gasteiger partial charge in [-0.3, -0.25) is 4.99 Å². The molecular weight excluding hydrogens is 493 g/mol. The zero-order chi connectivity index (χ0) is 21.4. The zero-order valence-corrected chi connectivity index (χ0v) is 21.3. The number of hydrogen-bond acceptors (Lipinski definition) is 4. The highest BCUT2D eigenvalue weighted by Crippen LogP contribution is 2.38. The second-order valence-corrected chi connectivity index (χ2v) is 7.56. The first-order valence-electron chi connectivity index (χ1n) is 9.65. The molecule has 0 saturated carbocycles. The molecule has 0 bridgehead atoms. The van der Waals surface area contributed by atoms with Crippen molar-refractivity contribution in [3.63, 3.8) is 0 Å². The fraction of sp³-hybridized carbons (Fsp3) is 0.435. The topological polar surface area (TPSA) is 64.1 Å². The Morgan fingerprint density at radius 1 is 0.933 bits per heavy atom. The summed E-state index contributed by atoms with van der Waals surface area (Å²) < 4.78 is 16.2. The van der Waals surface area contributed by atoms with Gasteiger partial charge in [0.15, 0.2) is 17.5 Å². The van der Waals surface area contributed by atoms with Gasteiger partial charge in [-0.1, -0.05) is 43.7 Å². The van der Waals surface area contributed by atoms with E-state index in [2.05, 4.69) is 60.7 Å². The summed E-state index contributed by atoms with van der Waals surface area (Å²) in [4.78, 5) is 4.34. The quantitative estimate of drug-likeness (QED) is 0.305. The maximum Gasteiger partial charge on any atom is 0.203 e. The van der Waals surface area contributed by atoms with E-state index >= 15 is 0 Å². The normalized spacial score (nSPS) is 11.4. The maximum atomic E-state index is 5.42. The highest BCUT2D eigenvalue weighted by Gasteiger charge is 2.21.